The molecule has 1 unspecified atom stereocenters. The van der Waals surface area contributed by atoms with Gasteiger partial charge in [0.15, 0.2) is 6.10 Å². The Hall–Kier alpha value is -2.16. The first-order chi connectivity index (χ1) is 9.65. The van der Waals surface area contributed by atoms with Crippen molar-refractivity contribution in [1.29, 1.82) is 0 Å². The van der Waals surface area contributed by atoms with E-state index in [1.54, 1.807) is 12.1 Å². The molecule has 1 aromatic rings. The largest absolute Gasteiger partial charge is 0.547 e. The lowest BCUT2D eigenvalue weighted by molar-refractivity contribution is -0.413. The molecule has 7 N–H and O–H groups in total. The third-order valence-electron chi connectivity index (χ3n) is 2.31. The molecule has 8 heteroatoms. The number of benzene rings is 1. The van der Waals surface area contributed by atoms with Crippen molar-refractivity contribution in [2.75, 3.05) is 0 Å². The summed E-state index contributed by atoms with van der Waals surface area (Å²) in [6.45, 7) is 2.08. The van der Waals surface area contributed by atoms with Crippen molar-refractivity contribution in [1.82, 2.24) is 0 Å². The van der Waals surface area contributed by atoms with Crippen LogP contribution in [0.5, 0.6) is 5.75 Å². The van der Waals surface area contributed by atoms with Crippen LogP contribution in [0, 0.1) is 0 Å². The third-order valence-corrected chi connectivity index (χ3v) is 2.31. The highest BCUT2D eigenvalue weighted by atomic mass is 16.4. The average Bonchev–Trinajstić information content (AvgIpc) is 2.39. The lowest BCUT2D eigenvalue weighted by Gasteiger charge is -2.13. The Morgan fingerprint density at radius 3 is 1.95 bits per heavy atom. The fourth-order valence-electron chi connectivity index (χ4n) is 1.30. The Bertz CT molecular complexity index is 440. The highest BCUT2D eigenvalue weighted by molar-refractivity contribution is 5.82. The van der Waals surface area contributed by atoms with Crippen LogP contribution in [0.25, 0.3) is 0 Å². The zero-order chi connectivity index (χ0) is 16.6. The second-order valence-electron chi connectivity index (χ2n) is 4.52. The monoisotopic (exact) mass is 301 g/mol. The van der Waals surface area contributed by atoms with E-state index in [2.05, 4.69) is 12.7 Å². The van der Waals surface area contributed by atoms with E-state index < -0.39 is 24.1 Å². The average molecular weight is 301 g/mol. The molecule has 0 saturated carbocycles. The highest BCUT2D eigenvalue weighted by Crippen LogP contribution is 2.10. The zero-order valence-electron chi connectivity index (χ0n) is 11.5. The van der Waals surface area contributed by atoms with Gasteiger partial charge in [0.1, 0.15) is 11.9 Å². The summed E-state index contributed by atoms with van der Waals surface area (Å²) in [7, 11) is 0. The minimum absolute atomic E-state index is 0.325. The van der Waals surface area contributed by atoms with Crippen molar-refractivity contribution < 1.29 is 40.9 Å². The number of hydrogen-bond donors (Lipinski definition) is 5. The third kappa shape index (κ3) is 7.88. The van der Waals surface area contributed by atoms with E-state index in [1.807, 2.05) is 12.1 Å². The van der Waals surface area contributed by atoms with E-state index in [0.717, 1.165) is 6.42 Å². The molecule has 0 spiro atoms. The number of carbonyl (C=O) groups is 2. The lowest BCUT2D eigenvalue weighted by atomic mass is 10.1. The molecule has 0 bridgehead atoms. The number of aromatic hydroxyl groups is 1. The molecule has 3 atom stereocenters. The summed E-state index contributed by atoms with van der Waals surface area (Å²) in [5, 5.41) is 43.1. The van der Waals surface area contributed by atoms with Gasteiger partial charge in [-0.05, 0) is 24.6 Å². The summed E-state index contributed by atoms with van der Waals surface area (Å²) >= 11 is 0. The molecule has 0 aliphatic rings. The number of phenols is 1. The molecule has 1 aromatic carbocycles. The van der Waals surface area contributed by atoms with Crippen LogP contribution >= 0.6 is 0 Å². The van der Waals surface area contributed by atoms with Gasteiger partial charge in [0.2, 0.25) is 0 Å². The summed E-state index contributed by atoms with van der Waals surface area (Å²) in [5.41, 5.74) is 5.12. The van der Waals surface area contributed by atoms with Crippen LogP contribution in [0.4, 0.5) is 0 Å². The van der Waals surface area contributed by atoms with Crippen molar-refractivity contribution in [2.24, 2.45) is 0 Å². The Morgan fingerprint density at radius 2 is 1.67 bits per heavy atom. The van der Waals surface area contributed by atoms with E-state index in [0.29, 0.717) is 11.8 Å². The molecule has 0 aliphatic carbocycles. The number of quaternary nitrogens is 1. The minimum atomic E-state index is -2.38. The Kier molecular flexibility index (Phi) is 7.99. The van der Waals surface area contributed by atoms with Crippen LogP contribution in [-0.4, -0.2) is 50.6 Å². The van der Waals surface area contributed by atoms with Gasteiger partial charge in [0.25, 0.3) is 0 Å². The zero-order valence-corrected chi connectivity index (χ0v) is 11.5. The number of carboxylic acids is 2. The molecule has 0 radical (unpaired) electrons. The van der Waals surface area contributed by atoms with Gasteiger partial charge in [-0.2, -0.15) is 0 Å². The van der Waals surface area contributed by atoms with Gasteiger partial charge in [-0.1, -0.05) is 12.1 Å². The molecule has 0 heterocycles. The second-order valence-corrected chi connectivity index (χ2v) is 4.52. The number of aliphatic hydroxyl groups is 2. The van der Waals surface area contributed by atoms with Gasteiger partial charge in [0.05, 0.1) is 12.0 Å². The van der Waals surface area contributed by atoms with E-state index in [1.165, 1.54) is 5.56 Å². The molecule has 0 aliphatic heterocycles. The number of rotatable bonds is 5. The van der Waals surface area contributed by atoms with Crippen LogP contribution in [0.15, 0.2) is 24.3 Å². The fourth-order valence-corrected chi connectivity index (χ4v) is 1.30. The summed E-state index contributed by atoms with van der Waals surface area (Å²) in [6, 6.07) is 7.70. The number of hydrogen-bond acceptors (Lipinski definition) is 6. The maximum absolute atomic E-state index is 9.74. The maximum Gasteiger partial charge on any atom is 0.335 e. The van der Waals surface area contributed by atoms with Crippen LogP contribution in [-0.2, 0) is 16.0 Å². The van der Waals surface area contributed by atoms with Crippen molar-refractivity contribution in [3.05, 3.63) is 29.8 Å². The Labute approximate surface area is 121 Å². The molecule has 1 rings (SSSR count). The fraction of sp³-hybridized carbons (Fsp3) is 0.385. The standard InChI is InChI=1S/C9H13NO.C4H6O6/c1-7(10)6-8-2-4-9(11)5-3-8;5-1(3(7)8)2(6)4(9)10/h2-5,7,11H,6,10H2,1H3;1-2,5-6H,(H,7,8)(H,9,10)/t;1-,2-/m.0/s1. The number of carbonyl (C=O) groups excluding carboxylic acids is 1. The SMILES string of the molecule is CC([NH3+])Cc1ccc(O)cc1.O=C([O-])[C@@H](O)[C@H](O)C(=O)O. The molecule has 8 nitrogen and oxygen atoms in total. The predicted molar refractivity (Wildman–Crippen MR) is 68.8 cm³/mol. The Balaban J connectivity index is 0.000000384. The minimum Gasteiger partial charge on any atom is -0.547 e. The van der Waals surface area contributed by atoms with Crippen molar-refractivity contribution in [3.63, 3.8) is 0 Å². The van der Waals surface area contributed by atoms with Crippen molar-refractivity contribution >= 4 is 11.9 Å². The number of aliphatic hydroxyl groups excluding tert-OH is 2. The molecule has 0 saturated heterocycles. The van der Waals surface area contributed by atoms with Crippen LogP contribution in [0.3, 0.4) is 0 Å². The van der Waals surface area contributed by atoms with Gasteiger partial charge in [-0.3, -0.25) is 0 Å². The van der Waals surface area contributed by atoms with Crippen LogP contribution < -0.4 is 10.8 Å². The molecule has 118 valence electrons. The number of aliphatic carboxylic acids is 2. The van der Waals surface area contributed by atoms with E-state index in [4.69, 9.17) is 20.4 Å². The smallest absolute Gasteiger partial charge is 0.335 e. The normalized spacial score (nSPS) is 14.3. The van der Waals surface area contributed by atoms with Gasteiger partial charge < -0.3 is 36.1 Å². The van der Waals surface area contributed by atoms with Gasteiger partial charge in [-0.25, -0.2) is 4.79 Å². The maximum atomic E-state index is 9.74. The van der Waals surface area contributed by atoms with E-state index >= 15 is 0 Å². The van der Waals surface area contributed by atoms with Gasteiger partial charge in [0, 0.05) is 6.42 Å². The predicted octanol–water partition coefficient (Wildman–Crippen LogP) is -2.89. The lowest BCUT2D eigenvalue weighted by Crippen LogP contribution is -2.60. The first kappa shape index (κ1) is 18.8. The Morgan fingerprint density at radius 1 is 1.19 bits per heavy atom. The molecule has 0 amide bonds. The summed E-state index contributed by atoms with van der Waals surface area (Å²) in [6.07, 6.45) is -3.73. The number of carboxylic acid groups (broad SMARTS) is 2. The highest BCUT2D eigenvalue weighted by Gasteiger charge is 2.23. The van der Waals surface area contributed by atoms with E-state index in [-0.39, 0.29) is 0 Å². The van der Waals surface area contributed by atoms with Gasteiger partial charge in [-0.15, -0.1) is 0 Å². The summed E-state index contributed by atoms with van der Waals surface area (Å²) < 4.78 is 0. The van der Waals surface area contributed by atoms with Crippen LogP contribution in [0.1, 0.15) is 12.5 Å². The first-order valence-electron chi connectivity index (χ1n) is 6.06. The molecular formula is C13H19NO7. The van der Waals surface area contributed by atoms with Crippen LogP contribution in [0.2, 0.25) is 0 Å². The topological polar surface area (TPSA) is 166 Å². The second kappa shape index (κ2) is 8.90. The van der Waals surface area contributed by atoms with Gasteiger partial charge >= 0.3 is 5.97 Å². The first-order valence-corrected chi connectivity index (χ1v) is 6.06. The summed E-state index contributed by atoms with van der Waals surface area (Å²) in [4.78, 5) is 19.4. The van der Waals surface area contributed by atoms with E-state index in [9.17, 15) is 14.7 Å². The van der Waals surface area contributed by atoms with Crippen molar-refractivity contribution in [2.45, 2.75) is 31.6 Å². The summed E-state index contributed by atoms with van der Waals surface area (Å²) in [5.74, 6) is -3.50. The molecule has 0 aromatic heterocycles. The quantitative estimate of drug-likeness (QED) is 0.389. The number of phenolic OH excluding ortho intramolecular Hbond substituents is 1. The molecule has 0 fully saturated rings. The molecule has 21 heavy (non-hydrogen) atoms. The molecular weight excluding hydrogens is 282 g/mol. The van der Waals surface area contributed by atoms with Crippen molar-refractivity contribution in [3.8, 4) is 5.75 Å².